The quantitative estimate of drug-likeness (QED) is 0.265. The molecule has 142 valence electrons. The summed E-state index contributed by atoms with van der Waals surface area (Å²) in [5.74, 6) is 0. The fourth-order valence-corrected chi connectivity index (χ4v) is 21.2. The van der Waals surface area contributed by atoms with Gasteiger partial charge in [-0.3, -0.25) is 0 Å². The van der Waals surface area contributed by atoms with E-state index in [1.165, 1.54) is 70.9 Å². The van der Waals surface area contributed by atoms with Crippen LogP contribution >= 0.6 is 0 Å². The Morgan fingerprint density at radius 3 is 1.71 bits per heavy atom. The minimum atomic E-state index is -2.09. The molecule has 0 aliphatic carbocycles. The molecule has 1 fully saturated rings. The Labute approximate surface area is 157 Å². The topological polar surface area (TPSA) is 3.24 Å². The van der Waals surface area contributed by atoms with Crippen molar-refractivity contribution in [2.45, 2.75) is 110 Å². The molecule has 1 rings (SSSR count). The average molecular weight is 442 g/mol. The van der Waals surface area contributed by atoms with E-state index in [4.69, 9.17) is 0 Å². The van der Waals surface area contributed by atoms with Gasteiger partial charge in [0.05, 0.1) is 0 Å². The van der Waals surface area contributed by atoms with Crippen molar-refractivity contribution in [3.63, 3.8) is 0 Å². The maximum absolute atomic E-state index is 2.78. The zero-order valence-electron chi connectivity index (χ0n) is 17.5. The van der Waals surface area contributed by atoms with E-state index < -0.39 is 18.4 Å². The summed E-state index contributed by atoms with van der Waals surface area (Å²) in [7, 11) is 0. The van der Waals surface area contributed by atoms with Crippen molar-refractivity contribution in [1.29, 1.82) is 0 Å². The van der Waals surface area contributed by atoms with Crippen LogP contribution in [0.1, 0.15) is 92.4 Å². The van der Waals surface area contributed by atoms with Crippen LogP contribution in [0.4, 0.5) is 0 Å². The van der Waals surface area contributed by atoms with Crippen LogP contribution in [0.2, 0.25) is 17.2 Å². The third-order valence-electron chi connectivity index (χ3n) is 6.37. The van der Waals surface area contributed by atoms with Gasteiger partial charge in [-0.25, -0.2) is 0 Å². The van der Waals surface area contributed by atoms with E-state index in [1.807, 2.05) is 0 Å². The summed E-state index contributed by atoms with van der Waals surface area (Å²) in [6, 6.07) is 0. The second kappa shape index (κ2) is 12.7. The van der Waals surface area contributed by atoms with Gasteiger partial charge in [0.2, 0.25) is 0 Å². The van der Waals surface area contributed by atoms with Crippen LogP contribution in [-0.4, -0.2) is 36.4 Å². The molecule has 0 aromatic rings. The van der Waals surface area contributed by atoms with Gasteiger partial charge >= 0.3 is 158 Å². The molecular weight excluding hydrogens is 397 g/mol. The molecular formula is C22H45NSn. The van der Waals surface area contributed by atoms with Crippen molar-refractivity contribution in [2.75, 3.05) is 13.1 Å². The predicted molar refractivity (Wildman–Crippen MR) is 114 cm³/mol. The SMILES string of the molecule is CCC[CH2][Sn]([CH2]CCC)([CH2]CCC)[CH](C)/C=C(\CC)N1CCCC1. The number of hydrogen-bond acceptors (Lipinski definition) is 1. The van der Waals surface area contributed by atoms with E-state index >= 15 is 0 Å². The second-order valence-electron chi connectivity index (χ2n) is 8.17. The fourth-order valence-electron chi connectivity index (χ4n) is 4.56. The van der Waals surface area contributed by atoms with Crippen molar-refractivity contribution in [3.8, 4) is 0 Å². The van der Waals surface area contributed by atoms with Crippen molar-refractivity contribution in [1.82, 2.24) is 4.90 Å². The van der Waals surface area contributed by atoms with Gasteiger partial charge in [0.1, 0.15) is 0 Å². The molecule has 1 nitrogen and oxygen atoms in total. The van der Waals surface area contributed by atoms with E-state index in [2.05, 4.69) is 45.6 Å². The first-order valence-electron chi connectivity index (χ1n) is 11.1. The minimum absolute atomic E-state index is 0.930. The standard InChI is InChI=1S/C10H18N.3C4H9.Sn/c1-3-7-10(4-2)11-8-5-6-9-11;3*1-3-4-2;/h3,7H,4-6,8-9H2,1-2H3;3*1,3-4H2,2H3;/b10-7+;;;;. The summed E-state index contributed by atoms with van der Waals surface area (Å²) in [5, 5.41) is 0. The normalized spacial score (nSPS) is 17.5. The van der Waals surface area contributed by atoms with E-state index in [0.717, 1.165) is 3.93 Å². The summed E-state index contributed by atoms with van der Waals surface area (Å²) < 4.78 is 5.85. The molecule has 0 aromatic heterocycles. The van der Waals surface area contributed by atoms with Gasteiger partial charge in [0, 0.05) is 0 Å². The summed E-state index contributed by atoms with van der Waals surface area (Å²) in [4.78, 5) is 2.70. The van der Waals surface area contributed by atoms with Crippen LogP contribution < -0.4 is 0 Å². The first kappa shape index (κ1) is 22.4. The molecule has 0 radical (unpaired) electrons. The van der Waals surface area contributed by atoms with Crippen molar-refractivity contribution >= 4 is 18.4 Å². The van der Waals surface area contributed by atoms with Gasteiger partial charge in [0.15, 0.2) is 0 Å². The number of rotatable bonds is 13. The Balaban J connectivity index is 2.97. The molecule has 24 heavy (non-hydrogen) atoms. The molecule has 0 aromatic carbocycles. The first-order chi connectivity index (χ1) is 11.6. The molecule has 1 unspecified atom stereocenters. The Morgan fingerprint density at radius 2 is 1.33 bits per heavy atom. The molecule has 0 N–H and O–H groups in total. The number of allylic oxidation sites excluding steroid dienone is 2. The molecule has 0 bridgehead atoms. The average Bonchev–Trinajstić information content (AvgIpc) is 3.13. The van der Waals surface area contributed by atoms with Gasteiger partial charge in [-0.05, 0) is 0 Å². The fraction of sp³-hybridized carbons (Fsp3) is 0.909. The third kappa shape index (κ3) is 6.92. The molecule has 1 atom stereocenters. The summed E-state index contributed by atoms with van der Waals surface area (Å²) in [5.41, 5.74) is 1.69. The molecule has 0 amide bonds. The zero-order valence-corrected chi connectivity index (χ0v) is 20.4. The number of nitrogens with zero attached hydrogens (tertiary/aromatic N) is 1. The maximum atomic E-state index is 2.78. The number of likely N-dealkylation sites (tertiary alicyclic amines) is 1. The monoisotopic (exact) mass is 443 g/mol. The summed E-state index contributed by atoms with van der Waals surface area (Å²) >= 11 is -2.09. The van der Waals surface area contributed by atoms with Gasteiger partial charge in [-0.2, -0.15) is 0 Å². The van der Waals surface area contributed by atoms with Gasteiger partial charge < -0.3 is 0 Å². The van der Waals surface area contributed by atoms with E-state index in [9.17, 15) is 0 Å². The molecule has 0 spiro atoms. The van der Waals surface area contributed by atoms with Crippen LogP contribution in [0.15, 0.2) is 11.8 Å². The van der Waals surface area contributed by atoms with Crippen LogP contribution in [0, 0.1) is 0 Å². The van der Waals surface area contributed by atoms with Crippen molar-refractivity contribution in [3.05, 3.63) is 11.8 Å². The molecule has 0 saturated carbocycles. The van der Waals surface area contributed by atoms with E-state index in [-0.39, 0.29) is 0 Å². The Hall–Kier alpha value is 0.339. The van der Waals surface area contributed by atoms with Crippen LogP contribution in [0.5, 0.6) is 0 Å². The van der Waals surface area contributed by atoms with E-state index in [0.29, 0.717) is 0 Å². The number of hydrogen-bond donors (Lipinski definition) is 0. The van der Waals surface area contributed by atoms with Crippen LogP contribution in [0.25, 0.3) is 0 Å². The van der Waals surface area contributed by atoms with Gasteiger partial charge in [-0.1, -0.05) is 0 Å². The molecule has 1 heterocycles. The predicted octanol–water partition coefficient (Wildman–Crippen LogP) is 7.62. The molecule has 1 aliphatic heterocycles. The van der Waals surface area contributed by atoms with Crippen LogP contribution in [-0.2, 0) is 0 Å². The molecule has 2 heteroatoms. The molecule has 1 saturated heterocycles. The van der Waals surface area contributed by atoms with E-state index in [1.54, 1.807) is 19.0 Å². The zero-order chi connectivity index (χ0) is 17.8. The van der Waals surface area contributed by atoms with Crippen molar-refractivity contribution in [2.24, 2.45) is 0 Å². The third-order valence-corrected chi connectivity index (χ3v) is 23.9. The van der Waals surface area contributed by atoms with Crippen molar-refractivity contribution < 1.29 is 0 Å². The van der Waals surface area contributed by atoms with Gasteiger partial charge in [-0.15, -0.1) is 0 Å². The Bertz CT molecular complexity index is 322. The Morgan fingerprint density at radius 1 is 0.875 bits per heavy atom. The summed E-state index contributed by atoms with van der Waals surface area (Å²) in [6.45, 7) is 14.8. The second-order valence-corrected chi connectivity index (χ2v) is 22.8. The van der Waals surface area contributed by atoms with Gasteiger partial charge in [0.25, 0.3) is 0 Å². The number of unbranched alkanes of at least 4 members (excludes halogenated alkanes) is 3. The first-order valence-corrected chi connectivity index (χ1v) is 18.8. The van der Waals surface area contributed by atoms with Crippen LogP contribution in [0.3, 0.4) is 0 Å². The molecule has 1 aliphatic rings. The Kier molecular flexibility index (Phi) is 11.8. The summed E-state index contributed by atoms with van der Waals surface area (Å²) in [6.07, 6.45) is 15.5.